The van der Waals surface area contributed by atoms with Crippen LogP contribution in [-0.4, -0.2) is 30.0 Å². The zero-order valence-corrected chi connectivity index (χ0v) is 14.5. The Kier molecular flexibility index (Phi) is 5.05. The summed E-state index contributed by atoms with van der Waals surface area (Å²) < 4.78 is 5.95. The number of rotatable bonds is 3. The van der Waals surface area contributed by atoms with E-state index in [2.05, 4.69) is 24.0 Å². The molecule has 126 valence electrons. The van der Waals surface area contributed by atoms with Crippen molar-refractivity contribution < 1.29 is 9.53 Å². The van der Waals surface area contributed by atoms with Crippen LogP contribution < -0.4 is 0 Å². The Morgan fingerprint density at radius 3 is 2.48 bits per heavy atom. The van der Waals surface area contributed by atoms with Crippen molar-refractivity contribution in [1.82, 2.24) is 4.90 Å². The number of hydrogen-bond donors (Lipinski definition) is 0. The highest BCUT2D eigenvalue weighted by Gasteiger charge is 2.46. The predicted molar refractivity (Wildman–Crippen MR) is 92.1 cm³/mol. The van der Waals surface area contributed by atoms with Gasteiger partial charge in [-0.3, -0.25) is 9.69 Å². The SMILES string of the molecule is CC(=O)O[C@@]1(c2ccccc2)CCN(C2CCCCC2)C[C@H]1C. The van der Waals surface area contributed by atoms with Crippen LogP contribution in [0.25, 0.3) is 0 Å². The molecule has 3 rings (SSSR count). The molecule has 0 N–H and O–H groups in total. The lowest BCUT2D eigenvalue weighted by Gasteiger charge is -2.48. The van der Waals surface area contributed by atoms with Crippen molar-refractivity contribution in [2.45, 2.75) is 64.0 Å². The van der Waals surface area contributed by atoms with Crippen LogP contribution in [0.3, 0.4) is 0 Å². The van der Waals surface area contributed by atoms with Crippen LogP contribution in [-0.2, 0) is 15.1 Å². The molecule has 1 aliphatic heterocycles. The summed E-state index contributed by atoms with van der Waals surface area (Å²) in [5, 5.41) is 0. The summed E-state index contributed by atoms with van der Waals surface area (Å²) in [4.78, 5) is 14.4. The van der Waals surface area contributed by atoms with Crippen LogP contribution in [0.1, 0.15) is 57.9 Å². The summed E-state index contributed by atoms with van der Waals surface area (Å²) in [5.41, 5.74) is 0.684. The Bertz CT molecular complexity index is 524. The van der Waals surface area contributed by atoms with Gasteiger partial charge in [0.2, 0.25) is 0 Å². The van der Waals surface area contributed by atoms with Crippen molar-refractivity contribution >= 4 is 5.97 Å². The molecule has 0 unspecified atom stereocenters. The van der Waals surface area contributed by atoms with Crippen LogP contribution in [0.2, 0.25) is 0 Å². The lowest BCUT2D eigenvalue weighted by atomic mass is 9.75. The molecule has 2 atom stereocenters. The highest BCUT2D eigenvalue weighted by atomic mass is 16.6. The highest BCUT2D eigenvalue weighted by molar-refractivity contribution is 5.67. The molecule has 23 heavy (non-hydrogen) atoms. The second-order valence-electron chi connectivity index (χ2n) is 7.29. The zero-order chi connectivity index (χ0) is 16.3. The van der Waals surface area contributed by atoms with Gasteiger partial charge in [-0.05, 0) is 18.4 Å². The minimum atomic E-state index is -0.460. The number of hydrogen-bond acceptors (Lipinski definition) is 3. The average Bonchev–Trinajstić information content (AvgIpc) is 2.58. The smallest absolute Gasteiger partial charge is 0.303 e. The van der Waals surface area contributed by atoms with Gasteiger partial charge in [0.1, 0.15) is 5.60 Å². The zero-order valence-electron chi connectivity index (χ0n) is 14.5. The van der Waals surface area contributed by atoms with Crippen LogP contribution >= 0.6 is 0 Å². The van der Waals surface area contributed by atoms with Crippen LogP contribution in [0.5, 0.6) is 0 Å². The van der Waals surface area contributed by atoms with E-state index < -0.39 is 5.60 Å². The minimum absolute atomic E-state index is 0.174. The van der Waals surface area contributed by atoms with E-state index in [1.807, 2.05) is 18.2 Å². The molecule has 0 bridgehead atoms. The number of ether oxygens (including phenoxy) is 1. The van der Waals surface area contributed by atoms with Gasteiger partial charge in [0.25, 0.3) is 0 Å². The molecular weight excluding hydrogens is 286 g/mol. The summed E-state index contributed by atoms with van der Waals surface area (Å²) in [6.45, 7) is 5.82. The van der Waals surface area contributed by atoms with Gasteiger partial charge in [0.15, 0.2) is 0 Å². The molecular formula is C20H29NO2. The molecule has 1 aromatic carbocycles. The Hall–Kier alpha value is -1.35. The summed E-state index contributed by atoms with van der Waals surface area (Å²) >= 11 is 0. The molecule has 1 saturated heterocycles. The number of benzene rings is 1. The number of carbonyl (C=O) groups excluding carboxylic acids is 1. The molecule has 0 amide bonds. The van der Waals surface area contributed by atoms with Gasteiger partial charge in [0, 0.05) is 38.4 Å². The van der Waals surface area contributed by atoms with Crippen LogP contribution in [0, 0.1) is 5.92 Å². The number of likely N-dealkylation sites (tertiary alicyclic amines) is 1. The second-order valence-corrected chi connectivity index (χ2v) is 7.29. The third kappa shape index (κ3) is 3.45. The molecule has 2 fully saturated rings. The predicted octanol–water partition coefficient (Wildman–Crippen LogP) is 4.12. The molecule has 0 spiro atoms. The molecule has 0 aromatic heterocycles. The number of piperidine rings is 1. The largest absolute Gasteiger partial charge is 0.454 e. The van der Waals surface area contributed by atoms with Crippen molar-refractivity contribution in [3.8, 4) is 0 Å². The fraction of sp³-hybridized carbons (Fsp3) is 0.650. The number of nitrogens with zero attached hydrogens (tertiary/aromatic N) is 1. The van der Waals surface area contributed by atoms with Gasteiger partial charge in [-0.2, -0.15) is 0 Å². The average molecular weight is 315 g/mol. The van der Waals surface area contributed by atoms with Gasteiger partial charge >= 0.3 is 5.97 Å². The summed E-state index contributed by atoms with van der Waals surface area (Å²) in [6.07, 6.45) is 7.68. The van der Waals surface area contributed by atoms with Gasteiger partial charge in [0.05, 0.1) is 0 Å². The van der Waals surface area contributed by atoms with Crippen LogP contribution in [0.4, 0.5) is 0 Å². The Balaban J connectivity index is 1.80. The van der Waals surface area contributed by atoms with Crippen molar-refractivity contribution in [1.29, 1.82) is 0 Å². The van der Waals surface area contributed by atoms with E-state index in [0.717, 1.165) is 31.1 Å². The van der Waals surface area contributed by atoms with E-state index in [-0.39, 0.29) is 5.97 Å². The maximum absolute atomic E-state index is 11.8. The fourth-order valence-electron chi connectivity index (χ4n) is 4.54. The van der Waals surface area contributed by atoms with Gasteiger partial charge < -0.3 is 4.74 Å². The molecule has 3 heteroatoms. The molecule has 1 aliphatic carbocycles. The van der Waals surface area contributed by atoms with E-state index in [1.165, 1.54) is 39.0 Å². The Morgan fingerprint density at radius 1 is 1.17 bits per heavy atom. The van der Waals surface area contributed by atoms with Gasteiger partial charge in [-0.1, -0.05) is 56.5 Å². The van der Waals surface area contributed by atoms with E-state index in [4.69, 9.17) is 4.74 Å². The maximum atomic E-state index is 11.8. The molecule has 1 saturated carbocycles. The first-order valence-corrected chi connectivity index (χ1v) is 9.11. The molecule has 1 aromatic rings. The summed E-state index contributed by atoms with van der Waals surface area (Å²) in [5.74, 6) is 0.135. The lowest BCUT2D eigenvalue weighted by molar-refractivity contribution is -0.174. The van der Waals surface area contributed by atoms with Crippen molar-refractivity contribution in [2.24, 2.45) is 5.92 Å². The Labute approximate surface area is 140 Å². The fourth-order valence-corrected chi connectivity index (χ4v) is 4.54. The first-order chi connectivity index (χ1) is 11.1. The molecule has 3 nitrogen and oxygen atoms in total. The van der Waals surface area contributed by atoms with Crippen molar-refractivity contribution in [2.75, 3.05) is 13.1 Å². The second kappa shape index (κ2) is 7.04. The Morgan fingerprint density at radius 2 is 1.87 bits per heavy atom. The van der Waals surface area contributed by atoms with E-state index >= 15 is 0 Å². The first kappa shape index (κ1) is 16.5. The number of carbonyl (C=O) groups is 1. The topological polar surface area (TPSA) is 29.5 Å². The van der Waals surface area contributed by atoms with Crippen LogP contribution in [0.15, 0.2) is 30.3 Å². The summed E-state index contributed by atoms with van der Waals surface area (Å²) in [6, 6.07) is 11.1. The third-order valence-electron chi connectivity index (χ3n) is 5.75. The molecule has 2 aliphatic rings. The van der Waals surface area contributed by atoms with Crippen molar-refractivity contribution in [3.63, 3.8) is 0 Å². The molecule has 1 heterocycles. The monoisotopic (exact) mass is 315 g/mol. The first-order valence-electron chi connectivity index (χ1n) is 9.11. The normalized spacial score (nSPS) is 30.1. The summed E-state index contributed by atoms with van der Waals surface area (Å²) in [7, 11) is 0. The highest BCUT2D eigenvalue weighted by Crippen LogP contribution is 2.42. The standard InChI is InChI=1S/C20H29NO2/c1-16-15-21(19-11-7-4-8-12-19)14-13-20(16,23-17(2)22)18-9-5-3-6-10-18/h3,5-6,9-10,16,19H,4,7-8,11-15H2,1-2H3/t16-,20+/m1/s1. The lowest BCUT2D eigenvalue weighted by Crippen LogP contribution is -2.54. The van der Waals surface area contributed by atoms with E-state index in [9.17, 15) is 4.79 Å². The maximum Gasteiger partial charge on any atom is 0.303 e. The van der Waals surface area contributed by atoms with Gasteiger partial charge in [-0.15, -0.1) is 0 Å². The third-order valence-corrected chi connectivity index (χ3v) is 5.75. The molecule has 0 radical (unpaired) electrons. The van der Waals surface area contributed by atoms with Crippen molar-refractivity contribution in [3.05, 3.63) is 35.9 Å². The van der Waals surface area contributed by atoms with Gasteiger partial charge in [-0.25, -0.2) is 0 Å². The van der Waals surface area contributed by atoms with E-state index in [0.29, 0.717) is 5.92 Å². The number of esters is 1. The quantitative estimate of drug-likeness (QED) is 0.786. The minimum Gasteiger partial charge on any atom is -0.454 e. The van der Waals surface area contributed by atoms with E-state index in [1.54, 1.807) is 0 Å².